The van der Waals surface area contributed by atoms with Crippen molar-refractivity contribution in [2.45, 2.75) is 70.2 Å². The van der Waals surface area contributed by atoms with Crippen LogP contribution < -0.4 is 15.0 Å². The molecular formula is C26H29FN6O2. The van der Waals surface area contributed by atoms with Crippen LogP contribution in [0.2, 0.25) is 0 Å². The monoisotopic (exact) mass is 476 g/mol. The van der Waals surface area contributed by atoms with Crippen molar-refractivity contribution in [1.82, 2.24) is 25.3 Å². The van der Waals surface area contributed by atoms with Gasteiger partial charge in [-0.2, -0.15) is 5.10 Å². The molecule has 1 unspecified atom stereocenters. The lowest BCUT2D eigenvalue weighted by Crippen LogP contribution is -2.56. The Labute approximate surface area is 203 Å². The molecule has 1 N–H and O–H groups in total. The van der Waals surface area contributed by atoms with Gasteiger partial charge in [-0.1, -0.05) is 0 Å². The summed E-state index contributed by atoms with van der Waals surface area (Å²) in [5.41, 5.74) is 3.11. The molecule has 182 valence electrons. The van der Waals surface area contributed by atoms with Crippen LogP contribution in [-0.2, 0) is 13.6 Å². The molecule has 0 aliphatic carbocycles. The quantitative estimate of drug-likeness (QED) is 0.614. The number of rotatable bonds is 4. The Morgan fingerprint density at radius 3 is 2.49 bits per heavy atom. The van der Waals surface area contributed by atoms with Crippen LogP contribution >= 0.6 is 0 Å². The molecule has 3 aliphatic heterocycles. The van der Waals surface area contributed by atoms with Crippen molar-refractivity contribution in [3.8, 4) is 17.0 Å². The number of hydrogen-bond acceptors (Lipinski definition) is 6. The molecule has 2 aromatic heterocycles. The second-order valence-electron chi connectivity index (χ2n) is 10.8. The number of benzene rings is 1. The number of ether oxygens (including phenoxy) is 1. The van der Waals surface area contributed by atoms with Gasteiger partial charge in [0.15, 0.2) is 5.82 Å². The molecule has 0 spiro atoms. The van der Waals surface area contributed by atoms with Crippen LogP contribution in [0.3, 0.4) is 0 Å². The van der Waals surface area contributed by atoms with E-state index in [4.69, 9.17) is 4.74 Å². The van der Waals surface area contributed by atoms with Crippen molar-refractivity contribution in [2.75, 3.05) is 4.90 Å². The maximum absolute atomic E-state index is 15.0. The van der Waals surface area contributed by atoms with Gasteiger partial charge in [0.1, 0.15) is 11.9 Å². The summed E-state index contributed by atoms with van der Waals surface area (Å²) in [6.45, 7) is 6.48. The Kier molecular flexibility index (Phi) is 4.80. The molecule has 0 saturated carbocycles. The number of aryl methyl sites for hydroxylation is 2. The van der Waals surface area contributed by atoms with Crippen LogP contribution in [0.4, 0.5) is 10.2 Å². The van der Waals surface area contributed by atoms with E-state index in [0.717, 1.165) is 36.9 Å². The molecule has 1 amide bonds. The highest BCUT2D eigenvalue weighted by molar-refractivity contribution is 6.10. The van der Waals surface area contributed by atoms with Gasteiger partial charge < -0.3 is 10.1 Å². The maximum atomic E-state index is 15.0. The summed E-state index contributed by atoms with van der Waals surface area (Å²) < 4.78 is 22.9. The third kappa shape index (κ3) is 3.78. The van der Waals surface area contributed by atoms with Crippen molar-refractivity contribution in [2.24, 2.45) is 7.05 Å². The lowest BCUT2D eigenvalue weighted by molar-refractivity contribution is 0.0753. The van der Waals surface area contributed by atoms with E-state index in [-0.39, 0.29) is 29.6 Å². The molecule has 2 saturated heterocycles. The molecule has 9 heteroatoms. The molecule has 6 rings (SSSR count). The predicted molar refractivity (Wildman–Crippen MR) is 129 cm³/mol. The molecule has 3 atom stereocenters. The van der Waals surface area contributed by atoms with Crippen LogP contribution in [0.25, 0.3) is 11.1 Å². The highest BCUT2D eigenvalue weighted by Crippen LogP contribution is 2.43. The fourth-order valence-electron chi connectivity index (χ4n) is 6.15. The van der Waals surface area contributed by atoms with Crippen molar-refractivity contribution in [1.29, 1.82) is 0 Å². The number of aromatic nitrogens is 4. The Morgan fingerprint density at radius 2 is 1.86 bits per heavy atom. The molecule has 0 radical (unpaired) electrons. The maximum Gasteiger partial charge on any atom is 0.260 e. The normalized spacial score (nSPS) is 27.4. The van der Waals surface area contributed by atoms with Crippen molar-refractivity contribution in [3.63, 3.8) is 0 Å². The first-order chi connectivity index (χ1) is 16.6. The summed E-state index contributed by atoms with van der Waals surface area (Å²) in [5, 5.41) is 16.6. The van der Waals surface area contributed by atoms with Gasteiger partial charge in [0.2, 0.25) is 5.88 Å². The lowest BCUT2D eigenvalue weighted by atomic mass is 9.86. The zero-order valence-corrected chi connectivity index (χ0v) is 20.4. The second kappa shape index (κ2) is 7.58. The molecule has 35 heavy (non-hydrogen) atoms. The highest BCUT2D eigenvalue weighted by atomic mass is 19.1. The van der Waals surface area contributed by atoms with Crippen LogP contribution in [0, 0.1) is 12.7 Å². The number of carbonyl (C=O) groups is 1. The van der Waals surface area contributed by atoms with Gasteiger partial charge in [-0.25, -0.2) is 4.39 Å². The Bertz CT molecular complexity index is 1320. The Hall–Kier alpha value is -3.33. The van der Waals surface area contributed by atoms with Gasteiger partial charge in [-0.05, 0) is 57.4 Å². The Morgan fingerprint density at radius 1 is 1.11 bits per heavy atom. The number of carbonyl (C=O) groups excluding carboxylic acids is 1. The SMILES string of the molecule is Cc1nn(C)cc1-c1cc(F)c2c(c1)C(=O)N(c1ccc(OC3C[C@]4(C)CC[C@](C)(C3)N4)nn1)C2. The van der Waals surface area contributed by atoms with E-state index in [0.29, 0.717) is 28.4 Å². The number of anilines is 1. The largest absolute Gasteiger partial charge is 0.473 e. The molecule has 3 aliphatic rings. The number of fused-ring (bicyclic) bond motifs is 3. The zero-order chi connectivity index (χ0) is 24.5. The topological polar surface area (TPSA) is 85.2 Å². The van der Waals surface area contributed by atoms with Crippen molar-refractivity contribution >= 4 is 11.7 Å². The third-order valence-corrected chi connectivity index (χ3v) is 7.69. The van der Waals surface area contributed by atoms with E-state index in [2.05, 4.69) is 34.5 Å². The fourth-order valence-corrected chi connectivity index (χ4v) is 6.15. The highest BCUT2D eigenvalue weighted by Gasteiger charge is 2.49. The number of nitrogens with one attached hydrogen (secondary N) is 1. The smallest absolute Gasteiger partial charge is 0.260 e. The minimum atomic E-state index is -0.410. The third-order valence-electron chi connectivity index (χ3n) is 7.69. The molecular weight excluding hydrogens is 447 g/mol. The van der Waals surface area contributed by atoms with E-state index >= 15 is 4.39 Å². The van der Waals surface area contributed by atoms with Crippen LogP contribution in [0.15, 0.2) is 30.5 Å². The number of halogens is 1. The van der Waals surface area contributed by atoms with Crippen LogP contribution in [0.5, 0.6) is 5.88 Å². The van der Waals surface area contributed by atoms with Crippen molar-refractivity contribution < 1.29 is 13.9 Å². The Balaban J connectivity index is 1.21. The first-order valence-electron chi connectivity index (χ1n) is 12.1. The summed E-state index contributed by atoms with van der Waals surface area (Å²) in [6.07, 6.45) is 6.02. The fraction of sp³-hybridized carbons (Fsp3) is 0.462. The summed E-state index contributed by atoms with van der Waals surface area (Å²) in [4.78, 5) is 14.7. The number of nitrogens with zero attached hydrogens (tertiary/aromatic N) is 5. The van der Waals surface area contributed by atoms with Gasteiger partial charge in [-0.3, -0.25) is 14.4 Å². The van der Waals surface area contributed by atoms with Gasteiger partial charge in [0.25, 0.3) is 5.91 Å². The van der Waals surface area contributed by atoms with E-state index < -0.39 is 5.82 Å². The second-order valence-corrected chi connectivity index (χ2v) is 10.8. The van der Waals surface area contributed by atoms with E-state index in [1.807, 2.05) is 20.2 Å². The average molecular weight is 477 g/mol. The molecule has 5 heterocycles. The van der Waals surface area contributed by atoms with Gasteiger partial charge in [0.05, 0.1) is 12.2 Å². The standard InChI is InChI=1S/C26H29FN6O2/c1-15-19(13-32(4)30-15)16-9-18-20(21(27)10-16)14-33(24(18)34)22-5-6-23(29-28-22)35-17-11-25(2)7-8-26(3,12-17)31-25/h5-6,9-10,13,17,31H,7-8,11-12,14H2,1-4H3/t17?,25-,26+. The summed E-state index contributed by atoms with van der Waals surface area (Å²) in [6, 6.07) is 6.67. The van der Waals surface area contributed by atoms with Crippen LogP contribution in [0.1, 0.15) is 61.1 Å². The van der Waals surface area contributed by atoms with Gasteiger partial charge in [-0.15, -0.1) is 10.2 Å². The lowest BCUT2D eigenvalue weighted by Gasteiger charge is -2.41. The first kappa shape index (κ1) is 22.2. The van der Waals surface area contributed by atoms with E-state index in [1.165, 1.54) is 11.0 Å². The van der Waals surface area contributed by atoms with E-state index in [1.54, 1.807) is 22.9 Å². The minimum Gasteiger partial charge on any atom is -0.473 e. The van der Waals surface area contributed by atoms with Crippen LogP contribution in [-0.4, -0.2) is 43.1 Å². The zero-order valence-electron chi connectivity index (χ0n) is 20.4. The molecule has 8 nitrogen and oxygen atoms in total. The summed E-state index contributed by atoms with van der Waals surface area (Å²) in [7, 11) is 1.81. The van der Waals surface area contributed by atoms with Crippen molar-refractivity contribution in [3.05, 3.63) is 53.1 Å². The first-order valence-corrected chi connectivity index (χ1v) is 12.1. The molecule has 2 bridgehead atoms. The summed E-state index contributed by atoms with van der Waals surface area (Å²) in [5.74, 6) is 0.117. The molecule has 1 aromatic carbocycles. The average Bonchev–Trinajstić information content (AvgIpc) is 3.38. The van der Waals surface area contributed by atoms with Gasteiger partial charge >= 0.3 is 0 Å². The van der Waals surface area contributed by atoms with Gasteiger partial charge in [0, 0.05) is 59.9 Å². The molecule has 3 aromatic rings. The number of piperidine rings is 1. The predicted octanol–water partition coefficient (Wildman–Crippen LogP) is 3.93. The molecule has 2 fully saturated rings. The number of hydrogen-bond donors (Lipinski definition) is 1. The van der Waals surface area contributed by atoms with E-state index in [9.17, 15) is 4.79 Å². The number of amides is 1. The minimum absolute atomic E-state index is 0.0648. The summed E-state index contributed by atoms with van der Waals surface area (Å²) >= 11 is 0.